The van der Waals surface area contributed by atoms with E-state index in [9.17, 15) is 14.9 Å². The molecule has 0 bridgehead atoms. The van der Waals surface area contributed by atoms with Crippen molar-refractivity contribution >= 4 is 5.69 Å². The zero-order valence-corrected chi connectivity index (χ0v) is 9.87. The summed E-state index contributed by atoms with van der Waals surface area (Å²) in [5, 5.41) is 10.8. The standard InChI is InChI=1S/C13H12N2O3/c1-10-7-12(15(17)18)9-14(13(10)16)8-11-5-3-2-4-6-11/h2-7,9H,8H2,1H3. The van der Waals surface area contributed by atoms with Crippen LogP contribution in [0.1, 0.15) is 11.1 Å². The van der Waals surface area contributed by atoms with E-state index in [2.05, 4.69) is 0 Å². The molecule has 0 aliphatic carbocycles. The lowest BCUT2D eigenvalue weighted by atomic mass is 10.2. The van der Waals surface area contributed by atoms with Crippen molar-refractivity contribution in [2.75, 3.05) is 0 Å². The smallest absolute Gasteiger partial charge is 0.286 e. The average Bonchev–Trinajstić information content (AvgIpc) is 2.35. The van der Waals surface area contributed by atoms with Crippen LogP contribution >= 0.6 is 0 Å². The molecule has 5 nitrogen and oxygen atoms in total. The fourth-order valence-electron chi connectivity index (χ4n) is 1.76. The Labute approximate surface area is 103 Å². The largest absolute Gasteiger partial charge is 0.304 e. The molecule has 0 fully saturated rings. The fourth-order valence-corrected chi connectivity index (χ4v) is 1.76. The molecule has 2 aromatic rings. The van der Waals surface area contributed by atoms with E-state index in [1.807, 2.05) is 30.3 Å². The summed E-state index contributed by atoms with van der Waals surface area (Å²) in [7, 11) is 0. The first kappa shape index (κ1) is 12.0. The Kier molecular flexibility index (Phi) is 3.23. The van der Waals surface area contributed by atoms with E-state index in [0.717, 1.165) is 5.56 Å². The van der Waals surface area contributed by atoms with Gasteiger partial charge in [0, 0.05) is 11.6 Å². The molecule has 0 saturated carbocycles. The van der Waals surface area contributed by atoms with Crippen LogP contribution < -0.4 is 5.56 Å². The van der Waals surface area contributed by atoms with E-state index in [1.54, 1.807) is 6.92 Å². The number of benzene rings is 1. The summed E-state index contributed by atoms with van der Waals surface area (Å²) in [5.74, 6) is 0. The lowest BCUT2D eigenvalue weighted by Crippen LogP contribution is -2.22. The van der Waals surface area contributed by atoms with Crippen molar-refractivity contribution in [1.29, 1.82) is 0 Å². The van der Waals surface area contributed by atoms with Crippen molar-refractivity contribution in [3.63, 3.8) is 0 Å². The third kappa shape index (κ3) is 2.45. The minimum Gasteiger partial charge on any atom is -0.304 e. The van der Waals surface area contributed by atoms with Gasteiger partial charge in [0.25, 0.3) is 11.2 Å². The Morgan fingerprint density at radius 2 is 1.94 bits per heavy atom. The van der Waals surface area contributed by atoms with E-state index in [-0.39, 0.29) is 11.2 Å². The van der Waals surface area contributed by atoms with Crippen molar-refractivity contribution in [1.82, 2.24) is 4.57 Å². The Bertz CT molecular complexity index is 632. The van der Waals surface area contributed by atoms with Crippen LogP contribution in [0, 0.1) is 17.0 Å². The van der Waals surface area contributed by atoms with Crippen molar-refractivity contribution < 1.29 is 4.92 Å². The Morgan fingerprint density at radius 1 is 1.28 bits per heavy atom. The van der Waals surface area contributed by atoms with E-state index < -0.39 is 4.92 Å². The maximum Gasteiger partial charge on any atom is 0.286 e. The minimum absolute atomic E-state index is 0.0666. The number of hydrogen-bond donors (Lipinski definition) is 0. The first-order chi connectivity index (χ1) is 8.58. The predicted octanol–water partition coefficient (Wildman–Crippen LogP) is 2.11. The van der Waals surface area contributed by atoms with Gasteiger partial charge in [0.2, 0.25) is 0 Å². The minimum atomic E-state index is -0.492. The number of rotatable bonds is 3. The van der Waals surface area contributed by atoms with Gasteiger partial charge in [-0.3, -0.25) is 14.9 Å². The van der Waals surface area contributed by atoms with E-state index in [1.165, 1.54) is 16.8 Å². The number of hydrogen-bond acceptors (Lipinski definition) is 3. The molecule has 0 radical (unpaired) electrons. The summed E-state index contributed by atoms with van der Waals surface area (Å²) < 4.78 is 1.36. The van der Waals surface area contributed by atoms with Gasteiger partial charge in [-0.25, -0.2) is 0 Å². The molecule has 2 rings (SSSR count). The second kappa shape index (κ2) is 4.83. The number of nitrogens with zero attached hydrogens (tertiary/aromatic N) is 2. The fraction of sp³-hybridized carbons (Fsp3) is 0.154. The molecule has 18 heavy (non-hydrogen) atoms. The molecule has 5 heteroatoms. The van der Waals surface area contributed by atoms with Crippen molar-refractivity contribution in [2.45, 2.75) is 13.5 Å². The van der Waals surface area contributed by atoms with Crippen LogP contribution in [0.4, 0.5) is 5.69 Å². The number of pyridine rings is 1. The Balaban J connectivity index is 2.44. The number of aryl methyl sites for hydroxylation is 1. The van der Waals surface area contributed by atoms with Crippen LogP contribution in [0.25, 0.3) is 0 Å². The summed E-state index contributed by atoms with van der Waals surface area (Å²) in [6, 6.07) is 10.7. The zero-order valence-electron chi connectivity index (χ0n) is 9.87. The number of aromatic nitrogens is 1. The van der Waals surface area contributed by atoms with Crippen LogP contribution in [0.2, 0.25) is 0 Å². The van der Waals surface area contributed by atoms with E-state index in [4.69, 9.17) is 0 Å². The molecule has 1 aromatic carbocycles. The number of nitro groups is 1. The molecule has 0 unspecified atom stereocenters. The average molecular weight is 244 g/mol. The molecular formula is C13H12N2O3. The normalized spacial score (nSPS) is 10.3. The van der Waals surface area contributed by atoms with Gasteiger partial charge in [-0.05, 0) is 12.5 Å². The summed E-state index contributed by atoms with van der Waals surface area (Å²) in [4.78, 5) is 22.2. The molecule has 0 spiro atoms. The third-order valence-corrected chi connectivity index (χ3v) is 2.66. The topological polar surface area (TPSA) is 65.1 Å². The second-order valence-corrected chi connectivity index (χ2v) is 4.06. The highest BCUT2D eigenvalue weighted by molar-refractivity contribution is 5.30. The van der Waals surface area contributed by atoms with Crippen LogP contribution in [0.5, 0.6) is 0 Å². The van der Waals surface area contributed by atoms with Gasteiger partial charge in [-0.1, -0.05) is 30.3 Å². The molecule has 1 heterocycles. The van der Waals surface area contributed by atoms with Crippen molar-refractivity contribution in [2.24, 2.45) is 0 Å². The molecule has 0 aliphatic heterocycles. The van der Waals surface area contributed by atoms with E-state index >= 15 is 0 Å². The molecule has 92 valence electrons. The SMILES string of the molecule is Cc1cc([N+](=O)[O-])cn(Cc2ccccc2)c1=O. The maximum atomic E-state index is 11.9. The molecular weight excluding hydrogens is 232 g/mol. The second-order valence-electron chi connectivity index (χ2n) is 4.06. The quantitative estimate of drug-likeness (QED) is 0.613. The van der Waals surface area contributed by atoms with Gasteiger partial charge in [0.1, 0.15) is 0 Å². The third-order valence-electron chi connectivity index (χ3n) is 2.66. The van der Waals surface area contributed by atoms with Crippen LogP contribution in [-0.2, 0) is 6.54 Å². The van der Waals surface area contributed by atoms with Crippen LogP contribution in [0.3, 0.4) is 0 Å². The molecule has 0 aliphatic rings. The van der Waals surface area contributed by atoms with Gasteiger partial charge in [-0.15, -0.1) is 0 Å². The van der Waals surface area contributed by atoms with Crippen molar-refractivity contribution in [3.8, 4) is 0 Å². The Morgan fingerprint density at radius 3 is 2.56 bits per heavy atom. The highest BCUT2D eigenvalue weighted by atomic mass is 16.6. The molecule has 0 atom stereocenters. The summed E-state index contributed by atoms with van der Waals surface area (Å²) >= 11 is 0. The maximum absolute atomic E-state index is 11.9. The summed E-state index contributed by atoms with van der Waals surface area (Å²) in [5.41, 5.74) is 1.03. The van der Waals surface area contributed by atoms with Gasteiger partial charge in [0.15, 0.2) is 0 Å². The molecule has 0 amide bonds. The highest BCUT2D eigenvalue weighted by Crippen LogP contribution is 2.11. The highest BCUT2D eigenvalue weighted by Gasteiger charge is 2.11. The predicted molar refractivity (Wildman–Crippen MR) is 67.6 cm³/mol. The molecule has 0 N–H and O–H groups in total. The molecule has 0 saturated heterocycles. The molecule has 1 aromatic heterocycles. The summed E-state index contributed by atoms with van der Waals surface area (Å²) in [6.07, 6.45) is 1.28. The first-order valence-corrected chi connectivity index (χ1v) is 5.47. The first-order valence-electron chi connectivity index (χ1n) is 5.47. The van der Waals surface area contributed by atoms with E-state index in [0.29, 0.717) is 12.1 Å². The lowest BCUT2D eigenvalue weighted by molar-refractivity contribution is -0.385. The van der Waals surface area contributed by atoms with Crippen LogP contribution in [0.15, 0.2) is 47.4 Å². The van der Waals surface area contributed by atoms with Gasteiger partial charge < -0.3 is 4.57 Å². The Hall–Kier alpha value is -2.43. The van der Waals surface area contributed by atoms with Crippen LogP contribution in [-0.4, -0.2) is 9.49 Å². The monoisotopic (exact) mass is 244 g/mol. The lowest BCUT2D eigenvalue weighted by Gasteiger charge is -2.06. The van der Waals surface area contributed by atoms with Gasteiger partial charge in [-0.2, -0.15) is 0 Å². The van der Waals surface area contributed by atoms with Gasteiger partial charge in [0.05, 0.1) is 17.7 Å². The zero-order chi connectivity index (χ0) is 13.1. The van der Waals surface area contributed by atoms with Crippen molar-refractivity contribution in [3.05, 3.63) is 74.2 Å². The van der Waals surface area contributed by atoms with Gasteiger partial charge >= 0.3 is 0 Å². The summed E-state index contributed by atoms with van der Waals surface area (Å²) in [6.45, 7) is 1.92.